The van der Waals surface area contributed by atoms with Gasteiger partial charge in [0.2, 0.25) is 0 Å². The first-order chi connectivity index (χ1) is 19.0. The van der Waals surface area contributed by atoms with E-state index in [1.54, 1.807) is 37.3 Å². The minimum atomic E-state index is -1.04. The van der Waals surface area contributed by atoms with Crippen LogP contribution in [0.4, 0.5) is 26.2 Å². The van der Waals surface area contributed by atoms with Gasteiger partial charge in [-0.3, -0.25) is 10.1 Å². The number of anilines is 3. The van der Waals surface area contributed by atoms with Crippen LogP contribution in [0, 0.1) is 5.82 Å². The molecule has 0 fully saturated rings. The topological polar surface area (TPSA) is 138 Å². The van der Waals surface area contributed by atoms with Crippen LogP contribution in [0.2, 0.25) is 0 Å². The lowest BCUT2D eigenvalue weighted by atomic mass is 10.1. The molecular weight excluding hydrogens is 519 g/mol. The highest BCUT2D eigenvalue weighted by atomic mass is 19.1. The highest BCUT2D eigenvalue weighted by Gasteiger charge is 2.15. The van der Waals surface area contributed by atoms with Gasteiger partial charge in [-0.05, 0) is 68.8 Å². The summed E-state index contributed by atoms with van der Waals surface area (Å²) >= 11 is 0. The molecule has 10 nitrogen and oxygen atoms in total. The second-order valence-corrected chi connectivity index (χ2v) is 9.27. The van der Waals surface area contributed by atoms with Gasteiger partial charge in [0.15, 0.2) is 5.78 Å². The summed E-state index contributed by atoms with van der Waals surface area (Å²) in [5.41, 5.74) is 1.74. The van der Waals surface area contributed by atoms with Gasteiger partial charge in [-0.1, -0.05) is 18.2 Å². The number of nitrogens with one attached hydrogen (secondary N) is 4. The number of benzene rings is 3. The van der Waals surface area contributed by atoms with Crippen LogP contribution >= 0.6 is 0 Å². The van der Waals surface area contributed by atoms with Crippen LogP contribution in [0.15, 0.2) is 60.7 Å². The van der Waals surface area contributed by atoms with Crippen LogP contribution in [-0.2, 0) is 11.2 Å². The number of aromatic carboxylic acids is 1. The molecule has 0 heterocycles. The number of hydrogen-bond donors (Lipinski definition) is 5. The van der Waals surface area contributed by atoms with Crippen molar-refractivity contribution >= 4 is 34.8 Å². The molecule has 3 rings (SSSR count). The van der Waals surface area contributed by atoms with Crippen molar-refractivity contribution in [1.82, 2.24) is 5.32 Å². The zero-order valence-corrected chi connectivity index (χ0v) is 22.7. The number of carboxylic acid groups (broad SMARTS) is 1. The number of carbonyl (C=O) groups is 3. The average Bonchev–Trinajstić information content (AvgIpc) is 2.90. The number of carbonyl (C=O) groups excluding carboxylic acids is 2. The summed E-state index contributed by atoms with van der Waals surface area (Å²) in [6.45, 7) is 5.62. The first-order valence-electron chi connectivity index (χ1n) is 12.6. The molecule has 212 valence electrons. The van der Waals surface area contributed by atoms with E-state index in [1.165, 1.54) is 37.4 Å². The fraction of sp³-hybridized carbons (Fsp3) is 0.276. The summed E-state index contributed by atoms with van der Waals surface area (Å²) < 4.78 is 25.1. The summed E-state index contributed by atoms with van der Waals surface area (Å²) in [4.78, 5) is 36.3. The number of hydrogen-bond acceptors (Lipinski definition) is 7. The maximum Gasteiger partial charge on any atom is 0.335 e. The van der Waals surface area contributed by atoms with Gasteiger partial charge in [0.25, 0.3) is 0 Å². The van der Waals surface area contributed by atoms with Crippen molar-refractivity contribution in [3.8, 4) is 11.5 Å². The maximum atomic E-state index is 13.8. The van der Waals surface area contributed by atoms with Crippen molar-refractivity contribution in [3.63, 3.8) is 0 Å². The number of amides is 2. The quantitative estimate of drug-likeness (QED) is 0.184. The molecule has 0 saturated heterocycles. The summed E-state index contributed by atoms with van der Waals surface area (Å²) in [6, 6.07) is 14.7. The monoisotopic (exact) mass is 552 g/mol. The molecule has 0 aliphatic carbocycles. The minimum absolute atomic E-state index is 0.0225. The van der Waals surface area contributed by atoms with Crippen LogP contribution in [0.1, 0.15) is 36.7 Å². The second-order valence-electron chi connectivity index (χ2n) is 9.27. The largest absolute Gasteiger partial charge is 0.495 e. The molecule has 1 unspecified atom stereocenters. The zero-order valence-electron chi connectivity index (χ0n) is 22.7. The molecule has 40 heavy (non-hydrogen) atoms. The molecule has 0 bridgehead atoms. The Labute approximate surface area is 231 Å². The van der Waals surface area contributed by atoms with Crippen molar-refractivity contribution in [2.45, 2.75) is 39.5 Å². The first kappa shape index (κ1) is 29.9. The smallest absolute Gasteiger partial charge is 0.335 e. The van der Waals surface area contributed by atoms with Crippen molar-refractivity contribution < 1.29 is 33.4 Å². The van der Waals surface area contributed by atoms with Gasteiger partial charge in [-0.25, -0.2) is 14.0 Å². The number of urea groups is 1. The van der Waals surface area contributed by atoms with Crippen LogP contribution < -0.4 is 30.7 Å². The molecular formula is C29H33FN4O6. The van der Waals surface area contributed by atoms with Gasteiger partial charge in [0, 0.05) is 12.5 Å². The standard InChI is InChI=1S/C29H33FN4O6/c1-17(2)32-25-15-20(28(36)37)10-12-26(25)40-18(3)31-16-21(35)13-19-9-11-24(27(14-19)39-4)34-29(38)33-23-8-6-5-7-22(23)30/h5-12,14-15,17-18,31-32H,13,16H2,1-4H3,(H,36,37)(H2,33,34,38). The molecule has 1 atom stereocenters. The molecule has 0 radical (unpaired) electrons. The van der Waals surface area contributed by atoms with E-state index in [-0.39, 0.29) is 36.0 Å². The lowest BCUT2D eigenvalue weighted by Gasteiger charge is -2.20. The Hall–Kier alpha value is -4.64. The number of halogens is 1. The van der Waals surface area contributed by atoms with E-state index in [9.17, 15) is 23.9 Å². The molecule has 0 saturated carbocycles. The number of para-hydroxylation sites is 1. The first-order valence-corrected chi connectivity index (χ1v) is 12.6. The van der Waals surface area contributed by atoms with Gasteiger partial charge in [0.1, 0.15) is 23.5 Å². The zero-order chi connectivity index (χ0) is 29.2. The number of carboxylic acids is 1. The van der Waals surface area contributed by atoms with Gasteiger partial charge < -0.3 is 30.5 Å². The minimum Gasteiger partial charge on any atom is -0.495 e. The van der Waals surface area contributed by atoms with E-state index in [0.717, 1.165) is 0 Å². The van der Waals surface area contributed by atoms with Gasteiger partial charge in [-0.2, -0.15) is 0 Å². The third-order valence-electron chi connectivity index (χ3n) is 5.60. The molecule has 0 aliphatic heterocycles. The summed E-state index contributed by atoms with van der Waals surface area (Å²) in [5.74, 6) is -0.916. The van der Waals surface area contributed by atoms with Crippen LogP contribution in [0.25, 0.3) is 0 Å². The highest BCUT2D eigenvalue weighted by molar-refractivity contribution is 6.00. The predicted octanol–water partition coefficient (Wildman–Crippen LogP) is 5.12. The number of ketones is 1. The Bertz CT molecular complexity index is 1360. The lowest BCUT2D eigenvalue weighted by Crippen LogP contribution is -2.36. The van der Waals surface area contributed by atoms with E-state index < -0.39 is 24.0 Å². The lowest BCUT2D eigenvalue weighted by molar-refractivity contribution is -0.118. The maximum absolute atomic E-state index is 13.8. The Morgan fingerprint density at radius 2 is 1.62 bits per heavy atom. The third kappa shape index (κ3) is 8.70. The molecule has 3 aromatic rings. The van der Waals surface area contributed by atoms with E-state index in [4.69, 9.17) is 9.47 Å². The Kier molecular flexibility index (Phi) is 10.4. The molecule has 5 N–H and O–H groups in total. The molecule has 0 spiro atoms. The average molecular weight is 553 g/mol. The number of rotatable bonds is 13. The molecule has 2 amide bonds. The molecule has 0 aliphatic rings. The summed E-state index contributed by atoms with van der Waals surface area (Å²) in [5, 5.41) is 20.5. The SMILES string of the molecule is COc1cc(CC(=O)CNC(C)Oc2ccc(C(=O)O)cc2NC(C)C)ccc1NC(=O)Nc1ccccc1F. The normalized spacial score (nSPS) is 11.4. The van der Waals surface area contributed by atoms with Gasteiger partial charge >= 0.3 is 12.0 Å². The Morgan fingerprint density at radius 1 is 0.900 bits per heavy atom. The van der Waals surface area contributed by atoms with Crippen LogP contribution in [-0.4, -0.2) is 48.8 Å². The van der Waals surface area contributed by atoms with Crippen molar-refractivity contribution in [1.29, 1.82) is 0 Å². The van der Waals surface area contributed by atoms with Crippen LogP contribution in [0.3, 0.4) is 0 Å². The number of methoxy groups -OCH3 is 1. The summed E-state index contributed by atoms with van der Waals surface area (Å²) in [7, 11) is 1.44. The molecule has 11 heteroatoms. The summed E-state index contributed by atoms with van der Waals surface area (Å²) in [6.07, 6.45) is -0.438. The highest BCUT2D eigenvalue weighted by Crippen LogP contribution is 2.28. The van der Waals surface area contributed by atoms with E-state index in [2.05, 4.69) is 21.3 Å². The van der Waals surface area contributed by atoms with Gasteiger partial charge in [0.05, 0.1) is 36.3 Å². The van der Waals surface area contributed by atoms with Crippen molar-refractivity contribution in [2.75, 3.05) is 29.6 Å². The third-order valence-corrected chi connectivity index (χ3v) is 5.60. The fourth-order valence-corrected chi connectivity index (χ4v) is 3.76. The second kappa shape index (κ2) is 13.9. The number of Topliss-reactive ketones (excluding diaryl/α,β-unsaturated/α-hetero) is 1. The Morgan fingerprint density at radius 3 is 2.30 bits per heavy atom. The molecule has 3 aromatic carbocycles. The molecule has 0 aromatic heterocycles. The fourth-order valence-electron chi connectivity index (χ4n) is 3.76. The predicted molar refractivity (Wildman–Crippen MR) is 151 cm³/mol. The van der Waals surface area contributed by atoms with E-state index in [0.29, 0.717) is 28.4 Å². The van der Waals surface area contributed by atoms with Crippen LogP contribution in [0.5, 0.6) is 11.5 Å². The van der Waals surface area contributed by atoms with Gasteiger partial charge in [-0.15, -0.1) is 0 Å². The van der Waals surface area contributed by atoms with Crippen molar-refractivity contribution in [2.24, 2.45) is 0 Å². The number of ether oxygens (including phenoxy) is 2. The van der Waals surface area contributed by atoms with Crippen molar-refractivity contribution in [3.05, 3.63) is 77.6 Å². The van der Waals surface area contributed by atoms with E-state index >= 15 is 0 Å². The van der Waals surface area contributed by atoms with E-state index in [1.807, 2.05) is 13.8 Å². The Balaban J connectivity index is 1.55.